The molecule has 0 saturated carbocycles. The summed E-state index contributed by atoms with van der Waals surface area (Å²) in [6, 6.07) is 5.71. The van der Waals surface area contributed by atoms with Crippen molar-refractivity contribution in [2.24, 2.45) is 0 Å². The third kappa shape index (κ3) is 8.79. The first kappa shape index (κ1) is 22.3. The second kappa shape index (κ2) is 10.9. The van der Waals surface area contributed by atoms with E-state index in [9.17, 15) is 4.79 Å². The Kier molecular flexibility index (Phi) is 10.2. The number of halogens is 1. The van der Waals surface area contributed by atoms with E-state index in [0.29, 0.717) is 18.1 Å². The number of ether oxygens (including phenoxy) is 2. The molecule has 0 spiro atoms. The molecule has 0 aromatic heterocycles. The Morgan fingerprint density at radius 3 is 2.54 bits per heavy atom. The molecule has 0 aliphatic heterocycles. The lowest BCUT2D eigenvalue weighted by molar-refractivity contribution is -0.124. The average Bonchev–Trinajstić information content (AvgIpc) is 2.45. The maximum atomic E-state index is 11.8. The van der Waals surface area contributed by atoms with E-state index < -0.39 is 0 Å². The Balaban J connectivity index is 0.00000529. The van der Waals surface area contributed by atoms with E-state index in [1.807, 2.05) is 52.0 Å². The van der Waals surface area contributed by atoms with Crippen molar-refractivity contribution >= 4 is 18.3 Å². The number of amides is 1. The number of hydrogen-bond donors (Lipinski definition) is 2. The molecule has 0 saturated heterocycles. The first-order chi connectivity index (χ1) is 10.9. The van der Waals surface area contributed by atoms with Gasteiger partial charge < -0.3 is 20.1 Å². The highest BCUT2D eigenvalue weighted by Gasteiger charge is 2.15. The molecule has 1 rings (SSSR count). The Morgan fingerprint density at radius 1 is 1.25 bits per heavy atom. The molecule has 136 valence electrons. The Morgan fingerprint density at radius 2 is 1.96 bits per heavy atom. The van der Waals surface area contributed by atoms with Gasteiger partial charge in [-0.15, -0.1) is 19.0 Å². The minimum Gasteiger partial charge on any atom is -0.490 e. The molecular weight excluding hydrogens is 328 g/mol. The molecule has 0 fully saturated rings. The van der Waals surface area contributed by atoms with Gasteiger partial charge in [0.05, 0.1) is 6.61 Å². The van der Waals surface area contributed by atoms with Gasteiger partial charge in [0.1, 0.15) is 0 Å². The summed E-state index contributed by atoms with van der Waals surface area (Å²) in [7, 11) is 0. The van der Waals surface area contributed by atoms with Crippen LogP contribution in [0, 0.1) is 0 Å². The molecule has 0 heterocycles. The SMILES string of the molecule is C=CCNCc1ccc(OCC(=O)NC(C)(C)C)c(OCC)c1.Cl. The Bertz CT molecular complexity index is 527. The minimum atomic E-state index is -0.274. The lowest BCUT2D eigenvalue weighted by Crippen LogP contribution is -2.43. The summed E-state index contributed by atoms with van der Waals surface area (Å²) in [5.41, 5.74) is 0.811. The first-order valence-electron chi connectivity index (χ1n) is 7.87. The van der Waals surface area contributed by atoms with Crippen molar-refractivity contribution in [2.45, 2.75) is 39.8 Å². The first-order valence-corrected chi connectivity index (χ1v) is 7.87. The predicted molar refractivity (Wildman–Crippen MR) is 100 cm³/mol. The van der Waals surface area contributed by atoms with Crippen molar-refractivity contribution in [3.63, 3.8) is 0 Å². The fraction of sp³-hybridized carbons (Fsp3) is 0.500. The molecule has 0 unspecified atom stereocenters. The van der Waals surface area contributed by atoms with E-state index in [1.54, 1.807) is 0 Å². The molecule has 1 amide bonds. The highest BCUT2D eigenvalue weighted by molar-refractivity contribution is 5.85. The summed E-state index contributed by atoms with van der Waals surface area (Å²) in [4.78, 5) is 11.8. The highest BCUT2D eigenvalue weighted by atomic mass is 35.5. The normalized spacial score (nSPS) is 10.5. The number of carbonyl (C=O) groups is 1. The van der Waals surface area contributed by atoms with Crippen molar-refractivity contribution in [1.29, 1.82) is 0 Å². The second-order valence-corrected chi connectivity index (χ2v) is 6.22. The number of carbonyl (C=O) groups excluding carboxylic acids is 1. The largest absolute Gasteiger partial charge is 0.490 e. The van der Waals surface area contributed by atoms with Crippen molar-refractivity contribution in [1.82, 2.24) is 10.6 Å². The lowest BCUT2D eigenvalue weighted by atomic mass is 10.1. The Hall–Kier alpha value is -1.72. The zero-order valence-electron chi connectivity index (χ0n) is 15.0. The molecule has 6 heteroatoms. The van der Waals surface area contributed by atoms with Gasteiger partial charge in [-0.25, -0.2) is 0 Å². The summed E-state index contributed by atoms with van der Waals surface area (Å²) >= 11 is 0. The van der Waals surface area contributed by atoms with Crippen LogP contribution in [0.4, 0.5) is 0 Å². The van der Waals surface area contributed by atoms with Crippen molar-refractivity contribution in [3.05, 3.63) is 36.4 Å². The van der Waals surface area contributed by atoms with Crippen LogP contribution in [0.5, 0.6) is 11.5 Å². The maximum Gasteiger partial charge on any atom is 0.258 e. The van der Waals surface area contributed by atoms with E-state index in [4.69, 9.17) is 9.47 Å². The summed E-state index contributed by atoms with van der Waals surface area (Å²) in [6.07, 6.45) is 1.81. The molecule has 0 radical (unpaired) electrons. The topological polar surface area (TPSA) is 59.6 Å². The van der Waals surface area contributed by atoms with Gasteiger partial charge in [0.15, 0.2) is 18.1 Å². The minimum absolute atomic E-state index is 0. The fourth-order valence-electron chi connectivity index (χ4n) is 1.97. The highest BCUT2D eigenvalue weighted by Crippen LogP contribution is 2.28. The van der Waals surface area contributed by atoms with Crippen LogP contribution in [0.2, 0.25) is 0 Å². The average molecular weight is 357 g/mol. The standard InChI is InChI=1S/C18H28N2O3.ClH/c1-6-10-19-12-14-8-9-15(16(11-14)22-7-2)23-13-17(21)20-18(3,4)5;/h6,8-9,11,19H,1,7,10,12-13H2,2-5H3,(H,20,21);1H. The van der Waals surface area contributed by atoms with Crippen LogP contribution in [-0.4, -0.2) is 31.2 Å². The Labute approximate surface area is 151 Å². The van der Waals surface area contributed by atoms with Crippen molar-refractivity contribution < 1.29 is 14.3 Å². The molecule has 0 aliphatic carbocycles. The van der Waals surface area contributed by atoms with E-state index in [-0.39, 0.29) is 30.5 Å². The summed E-state index contributed by atoms with van der Waals surface area (Å²) < 4.78 is 11.2. The van der Waals surface area contributed by atoms with Crippen LogP contribution in [0.25, 0.3) is 0 Å². The van der Waals surface area contributed by atoms with E-state index in [2.05, 4.69) is 17.2 Å². The quantitative estimate of drug-likeness (QED) is 0.527. The lowest BCUT2D eigenvalue weighted by Gasteiger charge is -2.21. The number of nitrogens with one attached hydrogen (secondary N) is 2. The van der Waals surface area contributed by atoms with Crippen LogP contribution >= 0.6 is 12.4 Å². The van der Waals surface area contributed by atoms with Gasteiger partial charge in [-0.3, -0.25) is 4.79 Å². The number of benzene rings is 1. The maximum absolute atomic E-state index is 11.8. The third-order valence-corrected chi connectivity index (χ3v) is 2.80. The van der Waals surface area contributed by atoms with Crippen molar-refractivity contribution in [2.75, 3.05) is 19.8 Å². The molecule has 0 bridgehead atoms. The molecule has 1 aromatic rings. The molecular formula is C18H29ClN2O3. The summed E-state index contributed by atoms with van der Waals surface area (Å²) in [6.45, 7) is 13.3. The zero-order valence-corrected chi connectivity index (χ0v) is 15.8. The van der Waals surface area contributed by atoms with Gasteiger partial charge in [0.25, 0.3) is 5.91 Å². The van der Waals surface area contributed by atoms with Crippen LogP contribution in [0.3, 0.4) is 0 Å². The van der Waals surface area contributed by atoms with Crippen LogP contribution < -0.4 is 20.1 Å². The zero-order chi connectivity index (χ0) is 17.3. The fourth-order valence-corrected chi connectivity index (χ4v) is 1.97. The van der Waals surface area contributed by atoms with Crippen LogP contribution in [0.15, 0.2) is 30.9 Å². The van der Waals surface area contributed by atoms with E-state index in [1.165, 1.54) is 0 Å². The molecule has 2 N–H and O–H groups in total. The predicted octanol–water partition coefficient (Wildman–Crippen LogP) is 3.08. The molecule has 0 aliphatic rings. The molecule has 0 atom stereocenters. The molecule has 24 heavy (non-hydrogen) atoms. The van der Waals surface area contributed by atoms with Gasteiger partial charge in [-0.2, -0.15) is 0 Å². The molecule has 1 aromatic carbocycles. The van der Waals surface area contributed by atoms with Gasteiger partial charge in [0, 0.05) is 18.6 Å². The van der Waals surface area contributed by atoms with Gasteiger partial charge >= 0.3 is 0 Å². The van der Waals surface area contributed by atoms with Crippen LogP contribution in [0.1, 0.15) is 33.3 Å². The summed E-state index contributed by atoms with van der Waals surface area (Å²) in [5, 5.41) is 6.10. The smallest absolute Gasteiger partial charge is 0.258 e. The van der Waals surface area contributed by atoms with Gasteiger partial charge in [0.2, 0.25) is 0 Å². The number of hydrogen-bond acceptors (Lipinski definition) is 4. The summed E-state index contributed by atoms with van der Waals surface area (Å²) in [5.74, 6) is 1.06. The van der Waals surface area contributed by atoms with Gasteiger partial charge in [-0.05, 0) is 45.4 Å². The number of rotatable bonds is 9. The van der Waals surface area contributed by atoms with E-state index >= 15 is 0 Å². The van der Waals surface area contributed by atoms with Crippen LogP contribution in [-0.2, 0) is 11.3 Å². The van der Waals surface area contributed by atoms with E-state index in [0.717, 1.165) is 18.7 Å². The van der Waals surface area contributed by atoms with Gasteiger partial charge in [-0.1, -0.05) is 12.1 Å². The van der Waals surface area contributed by atoms with Crippen molar-refractivity contribution in [3.8, 4) is 11.5 Å². The second-order valence-electron chi connectivity index (χ2n) is 6.22. The molecule has 5 nitrogen and oxygen atoms in total. The monoisotopic (exact) mass is 356 g/mol. The third-order valence-electron chi connectivity index (χ3n) is 2.80.